The number of thiazole rings is 1. The molecule has 0 unspecified atom stereocenters. The lowest BCUT2D eigenvalue weighted by molar-refractivity contribution is -0.152. The minimum atomic E-state index is -0.902. The Bertz CT molecular complexity index is 893. The van der Waals surface area contributed by atoms with Crippen LogP contribution in [0.2, 0.25) is 0 Å². The van der Waals surface area contributed by atoms with Crippen molar-refractivity contribution in [3.63, 3.8) is 0 Å². The van der Waals surface area contributed by atoms with Gasteiger partial charge in [0.05, 0.1) is 12.3 Å². The average molecular weight is 353 g/mol. The number of rotatable bonds is 4. The maximum atomic E-state index is 11.7. The summed E-state index contributed by atoms with van der Waals surface area (Å²) in [5.74, 6) is -1.70. The summed E-state index contributed by atoms with van der Waals surface area (Å²) in [7, 11) is 0. The molecule has 126 valence electrons. The molecule has 0 aliphatic heterocycles. The second-order valence-electron chi connectivity index (χ2n) is 5.03. The van der Waals surface area contributed by atoms with Gasteiger partial charge < -0.3 is 10.1 Å². The number of carbonyl (C=O) groups is 2. The van der Waals surface area contributed by atoms with E-state index in [9.17, 15) is 9.59 Å². The summed E-state index contributed by atoms with van der Waals surface area (Å²) in [6.45, 7) is 1.80. The third-order valence-corrected chi connectivity index (χ3v) is 4.18. The Kier molecular flexibility index (Phi) is 5.15. The summed E-state index contributed by atoms with van der Waals surface area (Å²) in [6.07, 6.45) is 3.48. The molecule has 3 aromatic rings. The molecule has 25 heavy (non-hydrogen) atoms. The lowest BCUT2D eigenvalue weighted by Gasteiger charge is -2.06. The second-order valence-corrected chi connectivity index (χ2v) is 5.89. The van der Waals surface area contributed by atoms with Crippen molar-refractivity contribution < 1.29 is 14.3 Å². The Balaban J connectivity index is 1.79. The van der Waals surface area contributed by atoms with Crippen LogP contribution in [-0.4, -0.2) is 28.5 Å². The maximum Gasteiger partial charge on any atom is 0.397 e. The predicted molar refractivity (Wildman–Crippen MR) is 96.0 cm³/mol. The minimum Gasteiger partial charge on any atom is -0.459 e. The Morgan fingerprint density at radius 1 is 1.20 bits per heavy atom. The molecule has 0 radical (unpaired) electrons. The smallest absolute Gasteiger partial charge is 0.397 e. The third kappa shape index (κ3) is 4.07. The molecule has 2 aromatic heterocycles. The summed E-state index contributed by atoms with van der Waals surface area (Å²) in [5, 5.41) is 5.33. The molecule has 0 spiro atoms. The van der Waals surface area contributed by atoms with Crippen LogP contribution >= 0.6 is 11.3 Å². The molecule has 0 aliphatic carbocycles. The van der Waals surface area contributed by atoms with Crippen LogP contribution in [0, 0.1) is 0 Å². The molecular formula is C18H15N3O3S. The standard InChI is InChI=1S/C18H15N3O3S/c1-2-24-18(23)16(22)20-14-7-3-5-12(9-14)15-11-25-17(21-15)13-6-4-8-19-10-13/h3-11H,2H2,1H3,(H,20,22). The Labute approximate surface area is 148 Å². The number of carbonyl (C=O) groups excluding carboxylic acids is 2. The first kappa shape index (κ1) is 16.8. The highest BCUT2D eigenvalue weighted by atomic mass is 32.1. The molecule has 0 saturated carbocycles. The summed E-state index contributed by atoms with van der Waals surface area (Å²) in [6, 6.07) is 11.0. The number of pyridine rings is 1. The number of nitrogens with one attached hydrogen (secondary N) is 1. The topological polar surface area (TPSA) is 81.2 Å². The summed E-state index contributed by atoms with van der Waals surface area (Å²) >= 11 is 1.52. The molecular weight excluding hydrogens is 338 g/mol. The Morgan fingerprint density at radius 2 is 2.04 bits per heavy atom. The number of anilines is 1. The second kappa shape index (κ2) is 7.67. The Morgan fingerprint density at radius 3 is 2.80 bits per heavy atom. The van der Waals surface area contributed by atoms with E-state index in [1.165, 1.54) is 11.3 Å². The van der Waals surface area contributed by atoms with Crippen LogP contribution in [-0.2, 0) is 14.3 Å². The van der Waals surface area contributed by atoms with Crippen LogP contribution in [0.3, 0.4) is 0 Å². The summed E-state index contributed by atoms with van der Waals surface area (Å²) in [4.78, 5) is 31.9. The molecule has 2 heterocycles. The number of nitrogens with zero attached hydrogens (tertiary/aromatic N) is 2. The van der Waals surface area contributed by atoms with Crippen LogP contribution in [0.15, 0.2) is 54.2 Å². The van der Waals surface area contributed by atoms with Gasteiger partial charge in [-0.05, 0) is 31.2 Å². The molecule has 0 bridgehead atoms. The van der Waals surface area contributed by atoms with Gasteiger partial charge in [-0.3, -0.25) is 9.78 Å². The van der Waals surface area contributed by atoms with E-state index >= 15 is 0 Å². The average Bonchev–Trinajstić information content (AvgIpc) is 3.13. The number of ether oxygens (including phenoxy) is 1. The fraction of sp³-hybridized carbons (Fsp3) is 0.111. The van der Waals surface area contributed by atoms with Crippen LogP contribution in [0.25, 0.3) is 21.8 Å². The number of amides is 1. The highest BCUT2D eigenvalue weighted by molar-refractivity contribution is 7.13. The highest BCUT2D eigenvalue weighted by Gasteiger charge is 2.15. The lowest BCUT2D eigenvalue weighted by atomic mass is 10.1. The van der Waals surface area contributed by atoms with E-state index in [0.29, 0.717) is 5.69 Å². The van der Waals surface area contributed by atoms with Gasteiger partial charge in [0.1, 0.15) is 5.01 Å². The molecule has 3 rings (SSSR count). The first-order valence-corrected chi connectivity index (χ1v) is 8.50. The van der Waals surface area contributed by atoms with Gasteiger partial charge in [-0.25, -0.2) is 9.78 Å². The van der Waals surface area contributed by atoms with Crippen LogP contribution in [0.1, 0.15) is 6.92 Å². The van der Waals surface area contributed by atoms with Crippen LogP contribution in [0.4, 0.5) is 5.69 Å². The van der Waals surface area contributed by atoms with Gasteiger partial charge in [0.15, 0.2) is 0 Å². The molecule has 7 heteroatoms. The van der Waals surface area contributed by atoms with E-state index in [2.05, 4.69) is 20.0 Å². The van der Waals surface area contributed by atoms with Crippen molar-refractivity contribution in [1.82, 2.24) is 9.97 Å². The van der Waals surface area contributed by atoms with E-state index in [0.717, 1.165) is 21.8 Å². The van der Waals surface area contributed by atoms with Gasteiger partial charge in [0, 0.05) is 34.6 Å². The fourth-order valence-corrected chi connectivity index (χ4v) is 2.98. The van der Waals surface area contributed by atoms with E-state index < -0.39 is 11.9 Å². The van der Waals surface area contributed by atoms with E-state index in [-0.39, 0.29) is 6.61 Å². The van der Waals surface area contributed by atoms with Crippen molar-refractivity contribution in [3.05, 3.63) is 54.2 Å². The number of hydrogen-bond acceptors (Lipinski definition) is 6. The van der Waals surface area contributed by atoms with Crippen molar-refractivity contribution in [2.75, 3.05) is 11.9 Å². The zero-order valence-corrected chi connectivity index (χ0v) is 14.2. The maximum absolute atomic E-state index is 11.7. The summed E-state index contributed by atoms with van der Waals surface area (Å²) < 4.78 is 4.68. The van der Waals surface area contributed by atoms with Gasteiger partial charge >= 0.3 is 11.9 Å². The molecule has 0 atom stereocenters. The van der Waals surface area contributed by atoms with E-state index in [1.807, 2.05) is 23.6 Å². The number of esters is 1. The lowest BCUT2D eigenvalue weighted by Crippen LogP contribution is -2.24. The van der Waals surface area contributed by atoms with Gasteiger partial charge in [-0.15, -0.1) is 11.3 Å². The van der Waals surface area contributed by atoms with Crippen molar-refractivity contribution in [2.45, 2.75) is 6.92 Å². The SMILES string of the molecule is CCOC(=O)C(=O)Nc1cccc(-c2csc(-c3cccnc3)n2)c1. The highest BCUT2D eigenvalue weighted by Crippen LogP contribution is 2.29. The van der Waals surface area contributed by atoms with E-state index in [4.69, 9.17) is 0 Å². The monoisotopic (exact) mass is 353 g/mol. The molecule has 0 saturated heterocycles. The zero-order valence-electron chi connectivity index (χ0n) is 13.4. The zero-order chi connectivity index (χ0) is 17.6. The molecule has 0 fully saturated rings. The quantitative estimate of drug-likeness (QED) is 0.574. The largest absolute Gasteiger partial charge is 0.459 e. The number of benzene rings is 1. The molecule has 1 amide bonds. The van der Waals surface area contributed by atoms with Crippen molar-refractivity contribution in [3.8, 4) is 21.8 Å². The molecule has 0 aliphatic rings. The molecule has 1 aromatic carbocycles. The predicted octanol–water partition coefficient (Wildman–Crippen LogP) is 3.37. The summed E-state index contributed by atoms with van der Waals surface area (Å²) in [5.41, 5.74) is 3.08. The Hall–Kier alpha value is -3.06. The third-order valence-electron chi connectivity index (χ3n) is 3.29. The van der Waals surface area contributed by atoms with Gasteiger partial charge in [0.2, 0.25) is 0 Å². The number of hydrogen-bond donors (Lipinski definition) is 1. The van der Waals surface area contributed by atoms with E-state index in [1.54, 1.807) is 37.5 Å². The number of aromatic nitrogens is 2. The van der Waals surface area contributed by atoms with Gasteiger partial charge in [-0.1, -0.05) is 12.1 Å². The van der Waals surface area contributed by atoms with Crippen molar-refractivity contribution in [2.24, 2.45) is 0 Å². The molecule has 1 N–H and O–H groups in total. The minimum absolute atomic E-state index is 0.155. The van der Waals surface area contributed by atoms with Crippen molar-refractivity contribution >= 4 is 28.9 Å². The molecule has 6 nitrogen and oxygen atoms in total. The van der Waals surface area contributed by atoms with Crippen molar-refractivity contribution in [1.29, 1.82) is 0 Å². The van der Waals surface area contributed by atoms with Gasteiger partial charge in [0.25, 0.3) is 0 Å². The van der Waals surface area contributed by atoms with Crippen LogP contribution in [0.5, 0.6) is 0 Å². The first-order valence-electron chi connectivity index (χ1n) is 7.62. The fourth-order valence-electron chi connectivity index (χ4n) is 2.16. The van der Waals surface area contributed by atoms with Gasteiger partial charge in [-0.2, -0.15) is 0 Å². The first-order chi connectivity index (χ1) is 12.2. The normalized spacial score (nSPS) is 10.3. The van der Waals surface area contributed by atoms with Crippen LogP contribution < -0.4 is 5.32 Å².